The van der Waals surface area contributed by atoms with Gasteiger partial charge in [-0.2, -0.15) is 9.97 Å². The first kappa shape index (κ1) is 14.3. The van der Waals surface area contributed by atoms with Crippen LogP contribution in [0.15, 0.2) is 6.33 Å². The molecule has 2 aromatic heterocycles. The Balaban J connectivity index is 1.65. The molecular formula is C14H18ClN5O. The molecule has 2 aromatic rings. The zero-order valence-corrected chi connectivity index (χ0v) is 12.5. The van der Waals surface area contributed by atoms with Crippen molar-refractivity contribution < 1.29 is 4.79 Å². The first-order chi connectivity index (χ1) is 10.2. The van der Waals surface area contributed by atoms with Crippen molar-refractivity contribution in [3.63, 3.8) is 0 Å². The van der Waals surface area contributed by atoms with Crippen LogP contribution in [0.1, 0.15) is 44.9 Å². The van der Waals surface area contributed by atoms with Crippen molar-refractivity contribution >= 4 is 34.6 Å². The molecule has 2 N–H and O–H groups in total. The minimum Gasteiger partial charge on any atom is -0.341 e. The first-order valence-electron chi connectivity index (χ1n) is 7.39. The highest BCUT2D eigenvalue weighted by atomic mass is 35.5. The van der Waals surface area contributed by atoms with E-state index in [2.05, 4.69) is 25.3 Å². The monoisotopic (exact) mass is 307 g/mol. The van der Waals surface area contributed by atoms with Gasteiger partial charge in [0.15, 0.2) is 10.8 Å². The maximum absolute atomic E-state index is 12.1. The summed E-state index contributed by atoms with van der Waals surface area (Å²) in [7, 11) is 0. The molecule has 1 amide bonds. The van der Waals surface area contributed by atoms with Gasteiger partial charge < -0.3 is 4.98 Å². The molecule has 1 saturated carbocycles. The Labute approximate surface area is 127 Å². The summed E-state index contributed by atoms with van der Waals surface area (Å²) in [4.78, 5) is 27.3. The fraction of sp³-hybridized carbons (Fsp3) is 0.571. The minimum atomic E-state index is -0.0483. The van der Waals surface area contributed by atoms with Crippen LogP contribution in [0.5, 0.6) is 0 Å². The van der Waals surface area contributed by atoms with Gasteiger partial charge in [-0.25, -0.2) is 4.98 Å². The SMILES string of the molecule is O=C(CC1CCCCCC1)Nc1nc(Cl)c2[nH]cnc2n1. The highest BCUT2D eigenvalue weighted by Gasteiger charge is 2.17. The first-order valence-corrected chi connectivity index (χ1v) is 7.76. The molecule has 0 radical (unpaired) electrons. The molecule has 0 spiro atoms. The zero-order valence-electron chi connectivity index (χ0n) is 11.7. The standard InChI is InChI=1S/C14H18ClN5O/c15-12-11-13(17-8-16-11)20-14(19-12)18-10(21)7-9-5-3-1-2-4-6-9/h8-9H,1-7H2,(H2,16,17,18,19,20,21). The lowest BCUT2D eigenvalue weighted by molar-refractivity contribution is -0.117. The summed E-state index contributed by atoms with van der Waals surface area (Å²) in [5.74, 6) is 0.642. The van der Waals surface area contributed by atoms with E-state index in [9.17, 15) is 4.79 Å². The van der Waals surface area contributed by atoms with Crippen molar-refractivity contribution in [2.45, 2.75) is 44.9 Å². The molecular weight excluding hydrogens is 290 g/mol. The van der Waals surface area contributed by atoms with Gasteiger partial charge in [0, 0.05) is 6.42 Å². The summed E-state index contributed by atoms with van der Waals surface area (Å²) in [6.45, 7) is 0. The number of carbonyl (C=O) groups is 1. The number of hydrogen-bond donors (Lipinski definition) is 2. The number of rotatable bonds is 3. The second kappa shape index (κ2) is 6.39. The quantitative estimate of drug-likeness (QED) is 0.673. The molecule has 1 aliphatic rings. The Morgan fingerprint density at radius 1 is 1.29 bits per heavy atom. The van der Waals surface area contributed by atoms with Crippen LogP contribution in [0.3, 0.4) is 0 Å². The third-order valence-electron chi connectivity index (χ3n) is 3.94. The highest BCUT2D eigenvalue weighted by Crippen LogP contribution is 2.26. The minimum absolute atomic E-state index is 0.0483. The van der Waals surface area contributed by atoms with Gasteiger partial charge in [-0.1, -0.05) is 37.3 Å². The number of H-pyrrole nitrogens is 1. The molecule has 7 heteroatoms. The van der Waals surface area contributed by atoms with E-state index in [1.54, 1.807) is 0 Å². The summed E-state index contributed by atoms with van der Waals surface area (Å²) in [6, 6.07) is 0. The number of anilines is 1. The molecule has 0 aromatic carbocycles. The highest BCUT2D eigenvalue weighted by molar-refractivity contribution is 6.33. The van der Waals surface area contributed by atoms with Crippen LogP contribution in [0.4, 0.5) is 5.95 Å². The van der Waals surface area contributed by atoms with Crippen molar-refractivity contribution in [2.75, 3.05) is 5.32 Å². The number of carbonyl (C=O) groups excluding carboxylic acids is 1. The molecule has 0 saturated heterocycles. The summed E-state index contributed by atoms with van der Waals surface area (Å²) in [5, 5.41) is 3.00. The molecule has 0 atom stereocenters. The molecule has 112 valence electrons. The van der Waals surface area contributed by atoms with E-state index < -0.39 is 0 Å². The van der Waals surface area contributed by atoms with Gasteiger partial charge in [-0.15, -0.1) is 0 Å². The largest absolute Gasteiger partial charge is 0.341 e. The van der Waals surface area contributed by atoms with Gasteiger partial charge in [-0.3, -0.25) is 10.1 Å². The topological polar surface area (TPSA) is 83.6 Å². The number of nitrogens with one attached hydrogen (secondary N) is 2. The molecule has 21 heavy (non-hydrogen) atoms. The molecule has 0 unspecified atom stereocenters. The smallest absolute Gasteiger partial charge is 0.233 e. The van der Waals surface area contributed by atoms with E-state index in [0.29, 0.717) is 23.5 Å². The predicted molar refractivity (Wildman–Crippen MR) is 81.1 cm³/mol. The number of aromatic amines is 1. The Hall–Kier alpha value is -1.69. The lowest BCUT2D eigenvalue weighted by atomic mass is 9.96. The van der Waals surface area contributed by atoms with Gasteiger partial charge in [-0.05, 0) is 18.8 Å². The lowest BCUT2D eigenvalue weighted by Gasteiger charge is -2.13. The van der Waals surface area contributed by atoms with Gasteiger partial charge >= 0.3 is 0 Å². The van der Waals surface area contributed by atoms with Crippen molar-refractivity contribution in [1.82, 2.24) is 19.9 Å². The average Bonchev–Trinajstić information content (AvgIpc) is 2.77. The number of aromatic nitrogens is 4. The van der Waals surface area contributed by atoms with Crippen LogP contribution in [0.25, 0.3) is 11.2 Å². The predicted octanol–water partition coefficient (Wildman–Crippen LogP) is 3.31. The van der Waals surface area contributed by atoms with Crippen molar-refractivity contribution in [1.29, 1.82) is 0 Å². The van der Waals surface area contributed by atoms with Crippen molar-refractivity contribution in [3.8, 4) is 0 Å². The van der Waals surface area contributed by atoms with Crippen LogP contribution in [0.2, 0.25) is 5.15 Å². The van der Waals surface area contributed by atoms with E-state index in [0.717, 1.165) is 12.8 Å². The maximum Gasteiger partial charge on any atom is 0.233 e. The number of halogens is 1. The van der Waals surface area contributed by atoms with E-state index in [1.807, 2.05) is 0 Å². The van der Waals surface area contributed by atoms with Gasteiger partial charge in [0.2, 0.25) is 11.9 Å². The summed E-state index contributed by atoms with van der Waals surface area (Å²) in [6.07, 6.45) is 9.31. The maximum atomic E-state index is 12.1. The van der Waals surface area contributed by atoms with E-state index >= 15 is 0 Å². The third kappa shape index (κ3) is 3.50. The normalized spacial score (nSPS) is 16.8. The molecule has 6 nitrogen and oxygen atoms in total. The van der Waals surface area contributed by atoms with Crippen LogP contribution in [-0.2, 0) is 4.79 Å². The molecule has 1 fully saturated rings. The molecule has 3 rings (SSSR count). The van der Waals surface area contributed by atoms with E-state index in [4.69, 9.17) is 11.6 Å². The molecule has 0 aliphatic heterocycles. The second-order valence-corrected chi connectivity index (χ2v) is 5.91. The number of imidazole rings is 1. The lowest BCUT2D eigenvalue weighted by Crippen LogP contribution is -2.18. The van der Waals surface area contributed by atoms with E-state index in [1.165, 1.54) is 32.0 Å². The summed E-state index contributed by atoms with van der Waals surface area (Å²) in [5.41, 5.74) is 1.04. The number of hydrogen-bond acceptors (Lipinski definition) is 4. The number of amides is 1. The van der Waals surface area contributed by atoms with E-state index in [-0.39, 0.29) is 17.0 Å². The third-order valence-corrected chi connectivity index (χ3v) is 4.22. The Bertz CT molecular complexity index is 633. The van der Waals surface area contributed by atoms with Gasteiger partial charge in [0.05, 0.1) is 6.33 Å². The van der Waals surface area contributed by atoms with Gasteiger partial charge in [0.1, 0.15) is 5.52 Å². The second-order valence-electron chi connectivity index (χ2n) is 5.55. The Morgan fingerprint density at radius 3 is 2.81 bits per heavy atom. The summed E-state index contributed by atoms with van der Waals surface area (Å²) >= 11 is 6.03. The van der Waals surface area contributed by atoms with Crippen LogP contribution >= 0.6 is 11.6 Å². The Morgan fingerprint density at radius 2 is 2.05 bits per heavy atom. The zero-order chi connectivity index (χ0) is 14.7. The average molecular weight is 308 g/mol. The van der Waals surface area contributed by atoms with Gasteiger partial charge in [0.25, 0.3) is 0 Å². The Kier molecular flexibility index (Phi) is 4.34. The molecule has 2 heterocycles. The summed E-state index contributed by atoms with van der Waals surface area (Å²) < 4.78 is 0. The number of nitrogens with zero attached hydrogens (tertiary/aromatic N) is 3. The van der Waals surface area contributed by atoms with Crippen LogP contribution < -0.4 is 5.32 Å². The fourth-order valence-corrected chi connectivity index (χ4v) is 3.08. The molecule has 1 aliphatic carbocycles. The van der Waals surface area contributed by atoms with Crippen molar-refractivity contribution in [3.05, 3.63) is 11.5 Å². The fourth-order valence-electron chi connectivity index (χ4n) is 2.86. The van der Waals surface area contributed by atoms with Crippen molar-refractivity contribution in [2.24, 2.45) is 5.92 Å². The molecule has 0 bridgehead atoms. The number of fused-ring (bicyclic) bond motifs is 1. The van der Waals surface area contributed by atoms with Crippen LogP contribution in [-0.4, -0.2) is 25.8 Å². The van der Waals surface area contributed by atoms with Crippen LogP contribution in [0, 0.1) is 5.92 Å².